The van der Waals surface area contributed by atoms with Crippen LogP contribution in [-0.2, 0) is 9.59 Å². The zero-order chi connectivity index (χ0) is 15.5. The van der Waals surface area contributed by atoms with E-state index in [0.29, 0.717) is 24.8 Å². The number of hydrogen-bond acceptors (Lipinski definition) is 3. The van der Waals surface area contributed by atoms with E-state index in [2.05, 4.69) is 19.2 Å². The number of rotatable bonds is 11. The van der Waals surface area contributed by atoms with Crippen molar-refractivity contribution in [1.82, 2.24) is 5.32 Å². The van der Waals surface area contributed by atoms with Crippen LogP contribution in [0.15, 0.2) is 0 Å². The van der Waals surface area contributed by atoms with Crippen LogP contribution in [0.25, 0.3) is 0 Å². The Balaban J connectivity index is 4.26. The molecule has 0 aliphatic heterocycles. The Labute approximate surface area is 122 Å². The summed E-state index contributed by atoms with van der Waals surface area (Å²) in [5.41, 5.74) is 5.52. The monoisotopic (exact) mass is 286 g/mol. The Kier molecular flexibility index (Phi) is 10.1. The maximum Gasteiger partial charge on any atom is 0.305 e. The Morgan fingerprint density at radius 2 is 1.85 bits per heavy atom. The largest absolute Gasteiger partial charge is 0.481 e. The van der Waals surface area contributed by atoms with Crippen molar-refractivity contribution < 1.29 is 14.7 Å². The van der Waals surface area contributed by atoms with Crippen molar-refractivity contribution in [3.8, 4) is 0 Å². The van der Waals surface area contributed by atoms with Crippen LogP contribution in [0.2, 0.25) is 0 Å². The molecule has 5 nitrogen and oxygen atoms in total. The summed E-state index contributed by atoms with van der Waals surface area (Å²) in [5, 5.41) is 11.8. The fourth-order valence-electron chi connectivity index (χ4n) is 2.30. The first-order valence-electron chi connectivity index (χ1n) is 7.60. The number of carboxylic acid groups (broad SMARTS) is 1. The molecule has 0 heterocycles. The van der Waals surface area contributed by atoms with E-state index in [1.165, 1.54) is 0 Å². The number of aliphatic carboxylic acids is 1. The molecular weight excluding hydrogens is 256 g/mol. The zero-order valence-corrected chi connectivity index (χ0v) is 13.0. The Morgan fingerprint density at radius 3 is 2.35 bits per heavy atom. The first-order chi connectivity index (χ1) is 9.38. The average Bonchev–Trinajstić information content (AvgIpc) is 2.35. The summed E-state index contributed by atoms with van der Waals surface area (Å²) in [4.78, 5) is 22.7. The minimum Gasteiger partial charge on any atom is -0.481 e. The van der Waals surface area contributed by atoms with E-state index in [0.717, 1.165) is 25.7 Å². The van der Waals surface area contributed by atoms with E-state index < -0.39 is 5.97 Å². The molecule has 0 aromatic carbocycles. The Hall–Kier alpha value is -1.10. The van der Waals surface area contributed by atoms with Crippen LogP contribution in [0.5, 0.6) is 0 Å². The molecule has 0 saturated carbocycles. The second kappa shape index (κ2) is 10.7. The normalized spacial score (nSPS) is 15.4. The third-order valence-corrected chi connectivity index (χ3v) is 3.52. The van der Waals surface area contributed by atoms with Crippen LogP contribution in [0.3, 0.4) is 0 Å². The molecule has 20 heavy (non-hydrogen) atoms. The zero-order valence-electron chi connectivity index (χ0n) is 13.0. The molecule has 4 N–H and O–H groups in total. The van der Waals surface area contributed by atoms with Crippen LogP contribution in [0, 0.1) is 11.8 Å². The van der Waals surface area contributed by atoms with Crippen LogP contribution >= 0.6 is 0 Å². The molecule has 0 aromatic heterocycles. The smallest absolute Gasteiger partial charge is 0.305 e. The molecular formula is C15H30N2O3. The highest BCUT2D eigenvalue weighted by Crippen LogP contribution is 2.15. The molecule has 0 radical (unpaired) electrons. The Bertz CT molecular complexity index is 295. The molecule has 118 valence electrons. The van der Waals surface area contributed by atoms with Gasteiger partial charge in [-0.1, -0.05) is 33.6 Å². The lowest BCUT2D eigenvalue weighted by atomic mass is 9.95. The maximum absolute atomic E-state index is 11.8. The van der Waals surface area contributed by atoms with Gasteiger partial charge in [0.15, 0.2) is 0 Å². The fourth-order valence-corrected chi connectivity index (χ4v) is 2.30. The van der Waals surface area contributed by atoms with Crippen LogP contribution in [0.1, 0.15) is 59.3 Å². The lowest BCUT2D eigenvalue weighted by Gasteiger charge is -2.21. The van der Waals surface area contributed by atoms with E-state index in [1.54, 1.807) is 0 Å². The van der Waals surface area contributed by atoms with Gasteiger partial charge in [-0.3, -0.25) is 9.59 Å². The van der Waals surface area contributed by atoms with E-state index >= 15 is 0 Å². The van der Waals surface area contributed by atoms with Crippen molar-refractivity contribution in [1.29, 1.82) is 0 Å². The summed E-state index contributed by atoms with van der Waals surface area (Å²) in [6.07, 6.45) is 3.99. The number of hydrogen-bond donors (Lipinski definition) is 3. The number of nitrogens with two attached hydrogens (primary N) is 1. The lowest BCUT2D eigenvalue weighted by molar-refractivity contribution is -0.137. The number of amides is 1. The van der Waals surface area contributed by atoms with Gasteiger partial charge in [0.25, 0.3) is 0 Å². The molecule has 0 saturated heterocycles. The van der Waals surface area contributed by atoms with Gasteiger partial charge in [0.2, 0.25) is 5.91 Å². The lowest BCUT2D eigenvalue weighted by Crippen LogP contribution is -2.37. The van der Waals surface area contributed by atoms with Gasteiger partial charge in [-0.15, -0.1) is 0 Å². The summed E-state index contributed by atoms with van der Waals surface area (Å²) in [6.45, 7) is 6.78. The standard InChI is InChI=1S/C15H30N2O3/c1-4-5-11(2)8-13(9-15(19)20)17-14(18)7-6-12(3)10-16/h11-13H,4-10,16H2,1-3H3,(H,17,18)(H,19,20). The summed E-state index contributed by atoms with van der Waals surface area (Å²) in [7, 11) is 0. The van der Waals surface area contributed by atoms with E-state index in [4.69, 9.17) is 10.8 Å². The van der Waals surface area contributed by atoms with Gasteiger partial charge in [0.05, 0.1) is 6.42 Å². The first-order valence-corrected chi connectivity index (χ1v) is 7.60. The minimum absolute atomic E-state index is 0.00770. The number of carbonyl (C=O) groups excluding carboxylic acids is 1. The van der Waals surface area contributed by atoms with Gasteiger partial charge in [-0.05, 0) is 31.2 Å². The molecule has 0 aromatic rings. The third-order valence-electron chi connectivity index (χ3n) is 3.52. The molecule has 0 aliphatic carbocycles. The molecule has 5 heteroatoms. The first kappa shape index (κ1) is 18.9. The van der Waals surface area contributed by atoms with Gasteiger partial charge in [-0.25, -0.2) is 0 Å². The summed E-state index contributed by atoms with van der Waals surface area (Å²) >= 11 is 0. The summed E-state index contributed by atoms with van der Waals surface area (Å²) in [6, 6.07) is -0.269. The van der Waals surface area contributed by atoms with E-state index in [9.17, 15) is 9.59 Å². The molecule has 0 bridgehead atoms. The fraction of sp³-hybridized carbons (Fsp3) is 0.867. The third kappa shape index (κ3) is 9.78. The van der Waals surface area contributed by atoms with Crippen LogP contribution in [-0.4, -0.2) is 29.6 Å². The number of nitrogens with one attached hydrogen (secondary N) is 1. The van der Waals surface area contributed by atoms with Crippen molar-refractivity contribution in [3.63, 3.8) is 0 Å². The molecule has 3 atom stereocenters. The van der Waals surface area contributed by atoms with E-state index in [1.807, 2.05) is 6.92 Å². The quantitative estimate of drug-likeness (QED) is 0.542. The van der Waals surface area contributed by atoms with Gasteiger partial charge in [0.1, 0.15) is 0 Å². The van der Waals surface area contributed by atoms with Crippen molar-refractivity contribution in [2.24, 2.45) is 17.6 Å². The maximum atomic E-state index is 11.8. The molecule has 0 spiro atoms. The highest BCUT2D eigenvalue weighted by atomic mass is 16.4. The van der Waals surface area contributed by atoms with Gasteiger partial charge < -0.3 is 16.2 Å². The predicted molar refractivity (Wildman–Crippen MR) is 80.3 cm³/mol. The topological polar surface area (TPSA) is 92.4 Å². The van der Waals surface area contributed by atoms with E-state index in [-0.39, 0.29) is 18.4 Å². The van der Waals surface area contributed by atoms with Crippen LogP contribution in [0.4, 0.5) is 0 Å². The van der Waals surface area contributed by atoms with Gasteiger partial charge in [0, 0.05) is 12.5 Å². The van der Waals surface area contributed by atoms with Crippen molar-refractivity contribution in [3.05, 3.63) is 0 Å². The number of carbonyl (C=O) groups is 2. The minimum atomic E-state index is -0.866. The summed E-state index contributed by atoms with van der Waals surface area (Å²) in [5.74, 6) is -0.195. The molecule has 1 amide bonds. The van der Waals surface area contributed by atoms with Gasteiger partial charge >= 0.3 is 5.97 Å². The van der Waals surface area contributed by atoms with Crippen LogP contribution < -0.4 is 11.1 Å². The molecule has 0 fully saturated rings. The second-order valence-corrected chi connectivity index (χ2v) is 5.87. The summed E-state index contributed by atoms with van der Waals surface area (Å²) < 4.78 is 0. The predicted octanol–water partition coefficient (Wildman–Crippen LogP) is 2.15. The molecule has 0 rings (SSSR count). The molecule has 0 aliphatic rings. The second-order valence-electron chi connectivity index (χ2n) is 5.87. The van der Waals surface area contributed by atoms with Crippen molar-refractivity contribution in [2.75, 3.05) is 6.54 Å². The molecule has 3 unspecified atom stereocenters. The number of carboxylic acids is 1. The Morgan fingerprint density at radius 1 is 1.20 bits per heavy atom. The SMILES string of the molecule is CCCC(C)CC(CC(=O)O)NC(=O)CCC(C)CN. The highest BCUT2D eigenvalue weighted by Gasteiger charge is 2.18. The van der Waals surface area contributed by atoms with Crippen molar-refractivity contribution >= 4 is 11.9 Å². The van der Waals surface area contributed by atoms with Crippen molar-refractivity contribution in [2.45, 2.75) is 65.3 Å². The average molecular weight is 286 g/mol. The highest BCUT2D eigenvalue weighted by molar-refractivity contribution is 5.77. The van der Waals surface area contributed by atoms with Gasteiger partial charge in [-0.2, -0.15) is 0 Å².